The summed E-state index contributed by atoms with van der Waals surface area (Å²) < 4.78 is 4.32. The first-order chi connectivity index (χ1) is 2.50. The average molecular weight is 87.1 g/mol. The summed E-state index contributed by atoms with van der Waals surface area (Å²) in [7, 11) is 0. The molecule has 3 heteroatoms. The molecule has 0 aromatic carbocycles. The van der Waals surface area contributed by atoms with Crippen molar-refractivity contribution in [3.63, 3.8) is 0 Å². The predicted molar refractivity (Wildman–Crippen MR) is 20.4 cm³/mol. The van der Waals surface area contributed by atoms with Crippen molar-refractivity contribution < 1.29 is 4.28 Å². The van der Waals surface area contributed by atoms with Crippen LogP contribution in [0, 0.1) is 5.75 Å². The second-order valence-electron chi connectivity index (χ2n) is 0.510. The Bertz CT molecular complexity index is 47.6. The Balaban J connectivity index is 2.32. The third-order valence-corrected chi connectivity index (χ3v) is 0.596. The van der Waals surface area contributed by atoms with Crippen molar-refractivity contribution in [2.75, 3.05) is 0 Å². The molecule has 26 valence electrons. The van der Waals surface area contributed by atoms with Crippen molar-refractivity contribution in [2.24, 2.45) is 5.16 Å². The van der Waals surface area contributed by atoms with Crippen LogP contribution in [0.25, 0.3) is 0 Å². The number of oxime groups is 1. The van der Waals surface area contributed by atoms with E-state index in [1.54, 1.807) is 0 Å². The van der Waals surface area contributed by atoms with Gasteiger partial charge in [0.25, 0.3) is 0 Å². The quantitative estimate of drug-likeness (QED) is 0.405. The minimum absolute atomic E-state index is 1.10. The van der Waals surface area contributed by atoms with Gasteiger partial charge in [-0.25, -0.2) is 0 Å². The smallest absolute Gasteiger partial charge is 0.145 e. The highest BCUT2D eigenvalue weighted by Crippen LogP contribution is 2.10. The molecule has 0 aliphatic carbocycles. The van der Waals surface area contributed by atoms with Crippen molar-refractivity contribution in [1.82, 2.24) is 0 Å². The zero-order valence-corrected chi connectivity index (χ0v) is 3.16. The van der Waals surface area contributed by atoms with Gasteiger partial charge in [0.2, 0.25) is 0 Å². The first-order valence-corrected chi connectivity index (χ1v) is 1.84. The van der Waals surface area contributed by atoms with Gasteiger partial charge in [0, 0.05) is 0 Å². The fourth-order valence-electron chi connectivity index (χ4n) is 0.108. The summed E-state index contributed by atoms with van der Waals surface area (Å²) in [4.78, 5) is 0. The van der Waals surface area contributed by atoms with Gasteiger partial charge in [-0.2, -0.15) is 0 Å². The third kappa shape index (κ3) is 0.545. The molecule has 0 bridgehead atoms. The van der Waals surface area contributed by atoms with Gasteiger partial charge >= 0.3 is 0 Å². The molecule has 1 rings (SSSR count). The van der Waals surface area contributed by atoms with Crippen molar-refractivity contribution in [1.29, 1.82) is 0 Å². The van der Waals surface area contributed by atoms with Crippen LogP contribution in [0.5, 0.6) is 0 Å². The fourth-order valence-corrected chi connectivity index (χ4v) is 0.323. The molecule has 0 saturated heterocycles. The van der Waals surface area contributed by atoms with E-state index in [9.17, 15) is 0 Å². The molecule has 0 saturated carbocycles. The summed E-state index contributed by atoms with van der Waals surface area (Å²) >= 11 is 1.10. The maximum Gasteiger partial charge on any atom is 0.145 e. The highest BCUT2D eigenvalue weighted by molar-refractivity contribution is 7.97. The molecule has 0 amide bonds. The summed E-state index contributed by atoms with van der Waals surface area (Å²) in [6, 6.07) is 0. The topological polar surface area (TPSA) is 21.6 Å². The van der Waals surface area contributed by atoms with Crippen LogP contribution in [0.3, 0.4) is 0 Å². The molecule has 0 unspecified atom stereocenters. The molecule has 0 N–H and O–H groups in total. The van der Waals surface area contributed by atoms with Gasteiger partial charge in [-0.1, -0.05) is 5.16 Å². The first-order valence-electron chi connectivity index (χ1n) is 1.10. The van der Waals surface area contributed by atoms with E-state index in [0.717, 1.165) is 12.0 Å². The molecule has 1 aliphatic heterocycles. The summed E-state index contributed by atoms with van der Waals surface area (Å²) in [6.45, 7) is 0. The number of hydrogen-bond donors (Lipinski definition) is 0. The molecular weight excluding hydrogens is 86.1 g/mol. The predicted octanol–water partition coefficient (Wildman–Crippen LogP) is 0.689. The zero-order valence-electron chi connectivity index (χ0n) is 2.34. The second kappa shape index (κ2) is 1.31. The van der Waals surface area contributed by atoms with Gasteiger partial charge in [-0.15, -0.1) is 0 Å². The van der Waals surface area contributed by atoms with E-state index in [-0.39, 0.29) is 0 Å². The van der Waals surface area contributed by atoms with E-state index in [2.05, 4.69) is 15.2 Å². The van der Waals surface area contributed by atoms with Crippen molar-refractivity contribution in [3.8, 4) is 0 Å². The highest BCUT2D eigenvalue weighted by Gasteiger charge is 1.90. The lowest BCUT2D eigenvalue weighted by molar-refractivity contribution is 0.418. The van der Waals surface area contributed by atoms with E-state index in [4.69, 9.17) is 0 Å². The Hall–Kier alpha value is -0.180. The molecule has 2 nitrogen and oxygen atoms in total. The van der Waals surface area contributed by atoms with Gasteiger partial charge in [0.1, 0.15) is 17.8 Å². The maximum atomic E-state index is 4.32. The van der Waals surface area contributed by atoms with E-state index >= 15 is 0 Å². The molecule has 5 heavy (non-hydrogen) atoms. The maximum absolute atomic E-state index is 4.32. The molecule has 2 radical (unpaired) electrons. The number of hydrogen-bond acceptors (Lipinski definition) is 3. The van der Waals surface area contributed by atoms with E-state index in [0.29, 0.717) is 0 Å². The molecule has 0 spiro atoms. The minimum Gasteiger partial charge on any atom is -0.321 e. The van der Waals surface area contributed by atoms with E-state index in [1.807, 2.05) is 0 Å². The van der Waals surface area contributed by atoms with E-state index in [1.165, 1.54) is 6.21 Å². The van der Waals surface area contributed by atoms with Crippen LogP contribution < -0.4 is 0 Å². The van der Waals surface area contributed by atoms with Gasteiger partial charge in [-0.05, 0) is 0 Å². The third-order valence-electron chi connectivity index (χ3n) is 0.234. The number of rotatable bonds is 0. The lowest BCUT2D eigenvalue weighted by Gasteiger charge is -1.71. The molecule has 0 aromatic heterocycles. The Kier molecular flexibility index (Phi) is 0.792. The SMILES string of the molecule is [C]1C=NOS1. The van der Waals surface area contributed by atoms with E-state index < -0.39 is 0 Å². The van der Waals surface area contributed by atoms with Crippen molar-refractivity contribution in [3.05, 3.63) is 5.75 Å². The monoisotopic (exact) mass is 87.0 g/mol. The van der Waals surface area contributed by atoms with Crippen LogP contribution in [0.1, 0.15) is 0 Å². The minimum atomic E-state index is 1.10. The fraction of sp³-hybridized carbons (Fsp3) is 0. The van der Waals surface area contributed by atoms with Gasteiger partial charge in [-0.3, -0.25) is 0 Å². The zero-order chi connectivity index (χ0) is 3.54. The summed E-state index contributed by atoms with van der Waals surface area (Å²) in [6.07, 6.45) is 1.48. The second-order valence-corrected chi connectivity index (χ2v) is 1.06. The van der Waals surface area contributed by atoms with Gasteiger partial charge in [0.15, 0.2) is 0 Å². The summed E-state index contributed by atoms with van der Waals surface area (Å²) in [5, 5.41) is 3.31. The van der Waals surface area contributed by atoms with Crippen molar-refractivity contribution in [2.45, 2.75) is 0 Å². The van der Waals surface area contributed by atoms with Crippen molar-refractivity contribution >= 4 is 18.3 Å². The van der Waals surface area contributed by atoms with Crippen LogP contribution in [0.4, 0.5) is 0 Å². The normalized spacial score (nSPS) is 19.2. The number of nitrogens with zero attached hydrogens (tertiary/aromatic N) is 1. The largest absolute Gasteiger partial charge is 0.321 e. The van der Waals surface area contributed by atoms with Crippen LogP contribution in [-0.2, 0) is 4.28 Å². The van der Waals surface area contributed by atoms with Crippen LogP contribution in [-0.4, -0.2) is 6.21 Å². The lowest BCUT2D eigenvalue weighted by atomic mass is 10.9. The summed E-state index contributed by atoms with van der Waals surface area (Å²) in [5.74, 6) is 2.62. The van der Waals surface area contributed by atoms with Gasteiger partial charge in [0.05, 0.1) is 6.21 Å². The molecule has 1 heterocycles. The Morgan fingerprint density at radius 1 is 2.00 bits per heavy atom. The van der Waals surface area contributed by atoms with Crippen LogP contribution in [0.15, 0.2) is 5.16 Å². The van der Waals surface area contributed by atoms with Gasteiger partial charge < -0.3 is 4.28 Å². The summed E-state index contributed by atoms with van der Waals surface area (Å²) in [5.41, 5.74) is 0. The molecular formula is C2HNOS. The Labute approximate surface area is 34.4 Å². The Morgan fingerprint density at radius 2 is 3.00 bits per heavy atom. The molecule has 1 aliphatic rings. The Morgan fingerprint density at radius 3 is 3.20 bits per heavy atom. The molecule has 0 fully saturated rings. The highest BCUT2D eigenvalue weighted by atomic mass is 32.2. The molecule has 0 atom stereocenters. The standard InChI is InChI=1S/C2HNOS/c1-2-5-4-3-1/h1H. The van der Waals surface area contributed by atoms with Crippen LogP contribution >= 0.6 is 12.0 Å². The van der Waals surface area contributed by atoms with Crippen LogP contribution in [0.2, 0.25) is 0 Å². The first kappa shape index (κ1) is 3.03. The average Bonchev–Trinajstić information content (AvgIpc) is 1.76. The molecule has 0 aromatic rings. The lowest BCUT2D eigenvalue weighted by Crippen LogP contribution is -1.49.